The molecular weight excluding hydrogens is 436 g/mol. The number of nitrogens with two attached hydrogens (primary N) is 1. The van der Waals surface area contributed by atoms with E-state index in [9.17, 15) is 17.2 Å². The van der Waals surface area contributed by atoms with Gasteiger partial charge in [-0.05, 0) is 40.8 Å². The monoisotopic (exact) mass is 457 g/mol. The van der Waals surface area contributed by atoms with Crippen LogP contribution in [0.15, 0.2) is 73.3 Å². The Labute approximate surface area is 185 Å². The van der Waals surface area contributed by atoms with Crippen LogP contribution in [0.25, 0.3) is 11.1 Å². The summed E-state index contributed by atoms with van der Waals surface area (Å²) in [6.07, 6.45) is 1.88. The molecule has 1 unspecified atom stereocenters. The van der Waals surface area contributed by atoms with Gasteiger partial charge in [0, 0.05) is 5.56 Å². The topological polar surface area (TPSA) is 78.6 Å². The third-order valence-electron chi connectivity index (χ3n) is 5.12. The second kappa shape index (κ2) is 8.72. The van der Waals surface area contributed by atoms with Crippen LogP contribution >= 0.6 is 0 Å². The molecule has 1 aliphatic heterocycles. The summed E-state index contributed by atoms with van der Waals surface area (Å²) in [7, 11) is -3.76. The molecule has 0 saturated heterocycles. The molecule has 1 atom stereocenters. The molecule has 2 N–H and O–H groups in total. The second-order valence-corrected chi connectivity index (χ2v) is 9.09. The Morgan fingerprint density at radius 2 is 1.88 bits per heavy atom. The van der Waals surface area contributed by atoms with E-state index in [4.69, 9.17) is 14.6 Å². The van der Waals surface area contributed by atoms with Crippen molar-refractivity contribution in [1.82, 2.24) is 0 Å². The van der Waals surface area contributed by atoms with Gasteiger partial charge in [-0.15, -0.1) is 6.58 Å². The van der Waals surface area contributed by atoms with Crippen molar-refractivity contribution in [3.05, 3.63) is 95.6 Å². The van der Waals surface area contributed by atoms with E-state index in [2.05, 4.69) is 6.58 Å². The fourth-order valence-electron chi connectivity index (χ4n) is 3.94. The van der Waals surface area contributed by atoms with E-state index in [1.807, 2.05) is 24.3 Å². The number of allylic oxidation sites excluding steroid dienone is 1. The predicted octanol–water partition coefficient (Wildman–Crippen LogP) is 4.95. The molecule has 0 spiro atoms. The van der Waals surface area contributed by atoms with E-state index in [-0.39, 0.29) is 11.5 Å². The van der Waals surface area contributed by atoms with Crippen molar-refractivity contribution in [2.45, 2.75) is 24.9 Å². The molecule has 166 valence electrons. The van der Waals surface area contributed by atoms with Crippen molar-refractivity contribution in [2.75, 3.05) is 0 Å². The first-order chi connectivity index (χ1) is 15.2. The number of halogens is 2. The summed E-state index contributed by atoms with van der Waals surface area (Å²) in [6, 6.07) is 17.5. The standard InChI is InChI=1S/C24H21F2NO4S/c1-2-5-15-6-3-7-17(12-15)23-19-13-16(14-32(27,28)29)10-11-18(19)22-20(30-23)8-4-9-21(22)31-24(25)26/h2-4,6-13,23-24H,1,5,14H2,(H2,27,28,29). The lowest BCUT2D eigenvalue weighted by atomic mass is 9.87. The lowest BCUT2D eigenvalue weighted by Crippen LogP contribution is -2.18. The number of hydrogen-bond acceptors (Lipinski definition) is 4. The summed E-state index contributed by atoms with van der Waals surface area (Å²) < 4.78 is 60.3. The Balaban J connectivity index is 1.90. The van der Waals surface area contributed by atoms with E-state index in [1.54, 1.807) is 36.4 Å². The zero-order chi connectivity index (χ0) is 22.9. The number of hydrogen-bond donors (Lipinski definition) is 1. The smallest absolute Gasteiger partial charge is 0.387 e. The Kier molecular flexibility index (Phi) is 5.99. The molecule has 4 rings (SSSR count). The fourth-order valence-corrected chi connectivity index (χ4v) is 4.58. The molecule has 0 fully saturated rings. The van der Waals surface area contributed by atoms with Gasteiger partial charge in [-0.3, -0.25) is 0 Å². The molecule has 0 aliphatic carbocycles. The Morgan fingerprint density at radius 3 is 2.59 bits per heavy atom. The van der Waals surface area contributed by atoms with E-state index < -0.39 is 22.7 Å². The Bertz CT molecular complexity index is 1270. The second-order valence-electron chi connectivity index (χ2n) is 7.47. The summed E-state index contributed by atoms with van der Waals surface area (Å²) in [5.41, 5.74) is 3.99. The normalized spacial score (nSPS) is 14.9. The van der Waals surface area contributed by atoms with Gasteiger partial charge in [0.05, 0.1) is 11.3 Å². The molecule has 0 saturated carbocycles. The summed E-state index contributed by atoms with van der Waals surface area (Å²) in [5.74, 6) is 0.0247. The van der Waals surface area contributed by atoms with Gasteiger partial charge in [-0.2, -0.15) is 8.78 Å². The molecule has 8 heteroatoms. The number of alkyl halides is 2. The number of benzene rings is 3. The molecule has 1 heterocycles. The van der Waals surface area contributed by atoms with Crippen molar-refractivity contribution >= 4 is 10.0 Å². The molecule has 1 aliphatic rings. The van der Waals surface area contributed by atoms with E-state index in [1.165, 1.54) is 6.07 Å². The van der Waals surface area contributed by atoms with Crippen molar-refractivity contribution in [3.8, 4) is 22.6 Å². The van der Waals surface area contributed by atoms with Crippen LogP contribution in [0.1, 0.15) is 28.4 Å². The van der Waals surface area contributed by atoms with Gasteiger partial charge in [-0.25, -0.2) is 13.6 Å². The van der Waals surface area contributed by atoms with Crippen LogP contribution in [0.4, 0.5) is 8.78 Å². The number of ether oxygens (including phenoxy) is 2. The molecule has 0 radical (unpaired) electrons. The maximum atomic E-state index is 13.0. The number of fused-ring (bicyclic) bond motifs is 3. The minimum absolute atomic E-state index is 0.0168. The molecule has 0 amide bonds. The predicted molar refractivity (Wildman–Crippen MR) is 118 cm³/mol. The van der Waals surface area contributed by atoms with E-state index in [0.717, 1.165) is 11.1 Å². The first-order valence-electron chi connectivity index (χ1n) is 9.83. The maximum Gasteiger partial charge on any atom is 0.387 e. The van der Waals surface area contributed by atoms with Crippen molar-refractivity contribution in [1.29, 1.82) is 0 Å². The Morgan fingerprint density at radius 1 is 1.09 bits per heavy atom. The minimum atomic E-state index is -3.76. The summed E-state index contributed by atoms with van der Waals surface area (Å²) in [6.45, 7) is 0.768. The largest absolute Gasteiger partial charge is 0.480 e. The zero-order valence-corrected chi connectivity index (χ0v) is 17.8. The van der Waals surface area contributed by atoms with Crippen LogP contribution in [0.5, 0.6) is 11.5 Å². The number of sulfonamides is 1. The van der Waals surface area contributed by atoms with Crippen molar-refractivity contribution < 1.29 is 26.7 Å². The Hall–Kier alpha value is -3.23. The fraction of sp³-hybridized carbons (Fsp3) is 0.167. The quantitative estimate of drug-likeness (QED) is 0.509. The van der Waals surface area contributed by atoms with Gasteiger partial charge in [0.25, 0.3) is 0 Å². The van der Waals surface area contributed by atoms with Gasteiger partial charge in [0.2, 0.25) is 10.0 Å². The SMILES string of the molecule is C=CCc1cccc(C2Oc3cccc(OC(F)F)c3-c3ccc(CS(N)(=O)=O)cc32)c1. The average Bonchev–Trinajstić information content (AvgIpc) is 2.72. The van der Waals surface area contributed by atoms with Crippen LogP contribution < -0.4 is 14.6 Å². The van der Waals surface area contributed by atoms with E-state index in [0.29, 0.717) is 34.4 Å². The van der Waals surface area contributed by atoms with Gasteiger partial charge in [0.1, 0.15) is 17.6 Å². The van der Waals surface area contributed by atoms with Gasteiger partial charge in [0.15, 0.2) is 0 Å². The highest BCUT2D eigenvalue weighted by atomic mass is 32.2. The molecule has 3 aromatic rings. The highest BCUT2D eigenvalue weighted by molar-refractivity contribution is 7.88. The summed E-state index contributed by atoms with van der Waals surface area (Å²) in [5, 5.41) is 5.23. The summed E-state index contributed by atoms with van der Waals surface area (Å²) in [4.78, 5) is 0. The van der Waals surface area contributed by atoms with Gasteiger partial charge < -0.3 is 9.47 Å². The third-order valence-corrected chi connectivity index (χ3v) is 5.85. The highest BCUT2D eigenvalue weighted by Crippen LogP contribution is 2.49. The third kappa shape index (κ3) is 4.66. The van der Waals surface area contributed by atoms with Crippen LogP contribution in [0.2, 0.25) is 0 Å². The zero-order valence-electron chi connectivity index (χ0n) is 17.0. The van der Waals surface area contributed by atoms with Crippen molar-refractivity contribution in [3.63, 3.8) is 0 Å². The van der Waals surface area contributed by atoms with Crippen LogP contribution in [-0.2, 0) is 22.2 Å². The van der Waals surface area contributed by atoms with Gasteiger partial charge >= 0.3 is 6.61 Å². The summed E-state index contributed by atoms with van der Waals surface area (Å²) >= 11 is 0. The molecule has 0 aromatic heterocycles. The lowest BCUT2D eigenvalue weighted by molar-refractivity contribution is -0.0496. The van der Waals surface area contributed by atoms with Crippen molar-refractivity contribution in [2.24, 2.45) is 5.14 Å². The molecule has 3 aromatic carbocycles. The van der Waals surface area contributed by atoms with E-state index >= 15 is 0 Å². The van der Waals surface area contributed by atoms with Gasteiger partial charge in [-0.1, -0.05) is 54.6 Å². The molecule has 32 heavy (non-hydrogen) atoms. The molecular formula is C24H21F2NO4S. The van der Waals surface area contributed by atoms with Crippen LogP contribution in [-0.4, -0.2) is 15.0 Å². The first-order valence-corrected chi connectivity index (χ1v) is 11.5. The number of rotatable bonds is 7. The number of primary sulfonamides is 1. The highest BCUT2D eigenvalue weighted by Gasteiger charge is 2.31. The first kappa shape index (κ1) is 22.0. The van der Waals surface area contributed by atoms with Crippen LogP contribution in [0, 0.1) is 0 Å². The lowest BCUT2D eigenvalue weighted by Gasteiger charge is -2.31. The molecule has 5 nitrogen and oxygen atoms in total. The maximum absolute atomic E-state index is 13.0. The average molecular weight is 457 g/mol. The van der Waals surface area contributed by atoms with Crippen LogP contribution in [0.3, 0.4) is 0 Å². The minimum Gasteiger partial charge on any atom is -0.480 e. The molecule has 0 bridgehead atoms.